The monoisotopic (exact) mass is 345 g/mol. The fourth-order valence-electron chi connectivity index (χ4n) is 3.05. The Morgan fingerprint density at radius 2 is 2.04 bits per heavy atom. The summed E-state index contributed by atoms with van der Waals surface area (Å²) in [4.78, 5) is 25.2. The molecule has 0 spiro atoms. The normalized spacial score (nSPS) is 16.9. The molecule has 0 saturated carbocycles. The summed E-state index contributed by atoms with van der Waals surface area (Å²) < 4.78 is 0. The van der Waals surface area contributed by atoms with E-state index in [0.29, 0.717) is 28.5 Å². The molecule has 0 aliphatic carbocycles. The van der Waals surface area contributed by atoms with E-state index in [9.17, 15) is 15.0 Å². The molecule has 5 N–H and O–H groups in total. The van der Waals surface area contributed by atoms with Crippen molar-refractivity contribution >= 4 is 5.82 Å². The summed E-state index contributed by atoms with van der Waals surface area (Å²) in [5, 5.41) is 19.8. The molecule has 0 unspecified atom stereocenters. The number of aryl methyl sites for hydroxylation is 1. The van der Waals surface area contributed by atoms with Crippen LogP contribution in [-0.2, 0) is 6.61 Å². The van der Waals surface area contributed by atoms with E-state index in [2.05, 4.69) is 19.9 Å². The van der Waals surface area contributed by atoms with Gasteiger partial charge in [0.2, 0.25) is 0 Å². The Morgan fingerprint density at radius 3 is 2.68 bits per heavy atom. The summed E-state index contributed by atoms with van der Waals surface area (Å²) in [5.74, 6) is 0.219. The SMILES string of the molecule is Cc1nc(N2CCC(C)(N)CC2)c(CO)nc1-c1cc[nH]c(=O)c1O. The number of hydrogen-bond acceptors (Lipinski definition) is 7. The number of hydrogen-bond donors (Lipinski definition) is 4. The highest BCUT2D eigenvalue weighted by molar-refractivity contribution is 5.69. The number of rotatable bonds is 3. The molecule has 3 rings (SSSR count). The molecular formula is C17H23N5O3. The van der Waals surface area contributed by atoms with E-state index in [4.69, 9.17) is 5.73 Å². The van der Waals surface area contributed by atoms with Gasteiger partial charge in [0.25, 0.3) is 5.56 Å². The van der Waals surface area contributed by atoms with Crippen LogP contribution in [0.2, 0.25) is 0 Å². The predicted molar refractivity (Wildman–Crippen MR) is 94.5 cm³/mol. The summed E-state index contributed by atoms with van der Waals surface area (Å²) in [7, 11) is 0. The van der Waals surface area contributed by atoms with Crippen molar-refractivity contribution in [2.75, 3.05) is 18.0 Å². The third-order valence-electron chi connectivity index (χ3n) is 4.67. The first kappa shape index (κ1) is 17.4. The number of aromatic nitrogens is 3. The van der Waals surface area contributed by atoms with Gasteiger partial charge < -0.3 is 25.8 Å². The lowest BCUT2D eigenvalue weighted by Crippen LogP contribution is -2.48. The Bertz CT molecular complexity index is 837. The maximum absolute atomic E-state index is 11.6. The van der Waals surface area contributed by atoms with E-state index in [0.717, 1.165) is 25.9 Å². The van der Waals surface area contributed by atoms with E-state index < -0.39 is 11.3 Å². The number of anilines is 1. The van der Waals surface area contributed by atoms with Crippen LogP contribution >= 0.6 is 0 Å². The van der Waals surface area contributed by atoms with Crippen LogP contribution in [-0.4, -0.2) is 43.8 Å². The standard InChI is InChI=1S/C17H23N5O3/c1-10-13(11-3-6-19-16(25)14(11)24)21-12(9-23)15(20-10)22-7-4-17(2,18)5-8-22/h3,6,23-24H,4-5,7-9,18H2,1-2H3,(H,19,25). The molecule has 1 aliphatic rings. The lowest BCUT2D eigenvalue weighted by molar-refractivity contribution is 0.275. The van der Waals surface area contributed by atoms with Gasteiger partial charge in [0.05, 0.1) is 23.6 Å². The molecule has 1 aliphatic heterocycles. The third kappa shape index (κ3) is 3.35. The van der Waals surface area contributed by atoms with Crippen LogP contribution in [0.25, 0.3) is 11.3 Å². The summed E-state index contributed by atoms with van der Waals surface area (Å²) >= 11 is 0. The van der Waals surface area contributed by atoms with Crippen molar-refractivity contribution in [3.05, 3.63) is 34.0 Å². The van der Waals surface area contributed by atoms with Crippen molar-refractivity contribution in [1.29, 1.82) is 0 Å². The number of nitrogens with zero attached hydrogens (tertiary/aromatic N) is 3. The maximum atomic E-state index is 11.6. The Hall–Kier alpha value is -2.45. The molecule has 134 valence electrons. The van der Waals surface area contributed by atoms with Crippen molar-refractivity contribution in [2.24, 2.45) is 5.73 Å². The van der Waals surface area contributed by atoms with Gasteiger partial charge in [0.15, 0.2) is 11.6 Å². The van der Waals surface area contributed by atoms with Gasteiger partial charge >= 0.3 is 0 Å². The van der Waals surface area contributed by atoms with Crippen molar-refractivity contribution in [2.45, 2.75) is 38.8 Å². The van der Waals surface area contributed by atoms with Crippen LogP contribution in [0, 0.1) is 6.92 Å². The van der Waals surface area contributed by atoms with Gasteiger partial charge in [0, 0.05) is 24.8 Å². The van der Waals surface area contributed by atoms with Gasteiger partial charge in [-0.3, -0.25) is 4.79 Å². The molecule has 0 bridgehead atoms. The predicted octanol–water partition coefficient (Wildman–Crippen LogP) is 0.656. The van der Waals surface area contributed by atoms with E-state index >= 15 is 0 Å². The van der Waals surface area contributed by atoms with Gasteiger partial charge in [-0.1, -0.05) is 0 Å². The summed E-state index contributed by atoms with van der Waals surface area (Å²) in [6.07, 6.45) is 3.10. The summed E-state index contributed by atoms with van der Waals surface area (Å²) in [5.41, 5.74) is 7.08. The van der Waals surface area contributed by atoms with Gasteiger partial charge in [-0.15, -0.1) is 0 Å². The van der Waals surface area contributed by atoms with Crippen molar-refractivity contribution < 1.29 is 10.2 Å². The minimum atomic E-state index is -0.591. The van der Waals surface area contributed by atoms with E-state index in [1.165, 1.54) is 6.20 Å². The number of pyridine rings is 1. The van der Waals surface area contributed by atoms with Crippen LogP contribution in [0.3, 0.4) is 0 Å². The quantitative estimate of drug-likeness (QED) is 0.643. The van der Waals surface area contributed by atoms with E-state index in [1.54, 1.807) is 13.0 Å². The molecule has 1 fully saturated rings. The number of aromatic amines is 1. The second kappa shape index (κ2) is 6.45. The van der Waals surface area contributed by atoms with Gasteiger partial charge in [0.1, 0.15) is 5.69 Å². The minimum Gasteiger partial charge on any atom is -0.503 e. The number of aliphatic hydroxyl groups is 1. The average molecular weight is 345 g/mol. The number of H-pyrrole nitrogens is 1. The van der Waals surface area contributed by atoms with Gasteiger partial charge in [-0.05, 0) is 32.8 Å². The molecule has 1 saturated heterocycles. The highest BCUT2D eigenvalue weighted by atomic mass is 16.3. The van der Waals surface area contributed by atoms with Crippen LogP contribution < -0.4 is 16.2 Å². The number of nitrogens with two attached hydrogens (primary N) is 1. The largest absolute Gasteiger partial charge is 0.503 e. The van der Waals surface area contributed by atoms with Crippen LogP contribution in [0.5, 0.6) is 5.75 Å². The third-order valence-corrected chi connectivity index (χ3v) is 4.67. The Labute approximate surface area is 145 Å². The summed E-state index contributed by atoms with van der Waals surface area (Å²) in [6, 6.07) is 1.56. The first-order valence-corrected chi connectivity index (χ1v) is 8.25. The molecule has 0 radical (unpaired) electrons. The Morgan fingerprint density at radius 1 is 1.36 bits per heavy atom. The fourth-order valence-corrected chi connectivity index (χ4v) is 3.05. The van der Waals surface area contributed by atoms with Gasteiger partial charge in [-0.25, -0.2) is 9.97 Å². The smallest absolute Gasteiger partial charge is 0.290 e. The topological polar surface area (TPSA) is 128 Å². The zero-order valence-corrected chi connectivity index (χ0v) is 14.4. The first-order valence-electron chi connectivity index (χ1n) is 8.25. The van der Waals surface area contributed by atoms with Gasteiger partial charge in [-0.2, -0.15) is 0 Å². The molecule has 25 heavy (non-hydrogen) atoms. The zero-order valence-electron chi connectivity index (χ0n) is 14.4. The number of piperidine rings is 1. The molecule has 0 aromatic carbocycles. The fraction of sp³-hybridized carbons (Fsp3) is 0.471. The second-order valence-electron chi connectivity index (χ2n) is 6.80. The highest BCUT2D eigenvalue weighted by Crippen LogP contribution is 2.31. The summed E-state index contributed by atoms with van der Waals surface area (Å²) in [6.45, 7) is 5.00. The second-order valence-corrected chi connectivity index (χ2v) is 6.80. The molecule has 2 aromatic rings. The molecular weight excluding hydrogens is 322 g/mol. The number of nitrogens with one attached hydrogen (secondary N) is 1. The minimum absolute atomic E-state index is 0.185. The molecule has 2 aromatic heterocycles. The first-order chi connectivity index (χ1) is 11.8. The number of aromatic hydroxyl groups is 1. The van der Waals surface area contributed by atoms with Crippen molar-refractivity contribution in [3.63, 3.8) is 0 Å². The molecule has 8 nitrogen and oxygen atoms in total. The molecule has 8 heteroatoms. The van der Waals surface area contributed by atoms with Crippen molar-refractivity contribution in [3.8, 4) is 17.0 Å². The molecule has 0 atom stereocenters. The van der Waals surface area contributed by atoms with Crippen LogP contribution in [0.15, 0.2) is 17.1 Å². The lowest BCUT2D eigenvalue weighted by atomic mass is 9.91. The Balaban J connectivity index is 2.02. The van der Waals surface area contributed by atoms with Crippen molar-refractivity contribution in [1.82, 2.24) is 15.0 Å². The maximum Gasteiger partial charge on any atom is 0.290 e. The number of aliphatic hydroxyl groups excluding tert-OH is 1. The Kier molecular flexibility index (Phi) is 4.49. The van der Waals surface area contributed by atoms with E-state index in [-0.39, 0.29) is 12.1 Å². The van der Waals surface area contributed by atoms with Crippen LogP contribution in [0.4, 0.5) is 5.82 Å². The van der Waals surface area contributed by atoms with Crippen LogP contribution in [0.1, 0.15) is 31.2 Å². The highest BCUT2D eigenvalue weighted by Gasteiger charge is 2.28. The molecule has 0 amide bonds. The lowest BCUT2D eigenvalue weighted by Gasteiger charge is -2.38. The zero-order chi connectivity index (χ0) is 18.2. The average Bonchev–Trinajstić information content (AvgIpc) is 2.57. The van der Waals surface area contributed by atoms with E-state index in [1.807, 2.05) is 6.92 Å². The molecule has 3 heterocycles.